The molecular formula is C19H25ClN2O3. The quantitative estimate of drug-likeness (QED) is 0.755. The number of hydrogen-bond acceptors (Lipinski definition) is 4. The minimum atomic E-state index is -0.236. The fourth-order valence-electron chi connectivity index (χ4n) is 2.36. The van der Waals surface area contributed by atoms with Gasteiger partial charge in [-0.2, -0.15) is 0 Å². The van der Waals surface area contributed by atoms with Crippen LogP contribution in [0.25, 0.3) is 11.1 Å². The SMILES string of the molecule is COc1cccc(-c2ccc(CNC(=O)CC(CN)OC)cc2)c1.Cl. The van der Waals surface area contributed by atoms with Gasteiger partial charge in [0.1, 0.15) is 5.75 Å². The van der Waals surface area contributed by atoms with Crippen LogP contribution in [0.5, 0.6) is 5.75 Å². The maximum absolute atomic E-state index is 11.8. The van der Waals surface area contributed by atoms with E-state index in [1.54, 1.807) is 14.2 Å². The smallest absolute Gasteiger partial charge is 0.222 e. The van der Waals surface area contributed by atoms with E-state index in [-0.39, 0.29) is 30.8 Å². The second-order valence-electron chi connectivity index (χ2n) is 5.50. The Morgan fingerprint density at radius 1 is 1.12 bits per heavy atom. The highest BCUT2D eigenvalue weighted by molar-refractivity contribution is 5.85. The zero-order valence-corrected chi connectivity index (χ0v) is 15.3. The van der Waals surface area contributed by atoms with Crippen LogP contribution in [0.2, 0.25) is 0 Å². The number of halogens is 1. The van der Waals surface area contributed by atoms with Gasteiger partial charge in [-0.15, -0.1) is 12.4 Å². The largest absolute Gasteiger partial charge is 0.497 e. The van der Waals surface area contributed by atoms with Gasteiger partial charge in [-0.25, -0.2) is 0 Å². The lowest BCUT2D eigenvalue weighted by Crippen LogP contribution is -2.31. The molecule has 0 radical (unpaired) electrons. The molecule has 136 valence electrons. The number of carbonyl (C=O) groups is 1. The van der Waals surface area contributed by atoms with Gasteiger partial charge >= 0.3 is 0 Å². The first-order valence-corrected chi connectivity index (χ1v) is 7.89. The van der Waals surface area contributed by atoms with Crippen LogP contribution in [0.4, 0.5) is 0 Å². The number of amides is 1. The average Bonchev–Trinajstić information content (AvgIpc) is 2.65. The predicted molar refractivity (Wildman–Crippen MR) is 102 cm³/mol. The fourth-order valence-corrected chi connectivity index (χ4v) is 2.36. The van der Waals surface area contributed by atoms with Crippen molar-refractivity contribution in [1.29, 1.82) is 0 Å². The first-order chi connectivity index (χ1) is 11.7. The number of nitrogens with one attached hydrogen (secondary N) is 1. The van der Waals surface area contributed by atoms with Crippen molar-refractivity contribution in [1.82, 2.24) is 5.32 Å². The third kappa shape index (κ3) is 6.38. The molecule has 6 heteroatoms. The maximum atomic E-state index is 11.8. The van der Waals surface area contributed by atoms with E-state index < -0.39 is 0 Å². The van der Waals surface area contributed by atoms with Crippen molar-refractivity contribution in [3.63, 3.8) is 0 Å². The molecule has 1 unspecified atom stereocenters. The van der Waals surface area contributed by atoms with Gasteiger partial charge in [0.15, 0.2) is 0 Å². The summed E-state index contributed by atoms with van der Waals surface area (Å²) in [6, 6.07) is 16.0. The second kappa shape index (κ2) is 10.7. The van der Waals surface area contributed by atoms with Gasteiger partial charge in [0.25, 0.3) is 0 Å². The van der Waals surface area contributed by atoms with E-state index in [0.29, 0.717) is 13.1 Å². The molecule has 0 aromatic heterocycles. The van der Waals surface area contributed by atoms with Crippen LogP contribution in [0.3, 0.4) is 0 Å². The summed E-state index contributed by atoms with van der Waals surface area (Å²) in [4.78, 5) is 11.8. The van der Waals surface area contributed by atoms with Gasteiger partial charge in [-0.1, -0.05) is 36.4 Å². The number of nitrogens with two attached hydrogens (primary N) is 1. The van der Waals surface area contributed by atoms with Crippen molar-refractivity contribution in [3.8, 4) is 16.9 Å². The number of hydrogen-bond donors (Lipinski definition) is 2. The number of benzene rings is 2. The summed E-state index contributed by atoms with van der Waals surface area (Å²) in [6.45, 7) is 0.817. The first-order valence-electron chi connectivity index (χ1n) is 7.89. The van der Waals surface area contributed by atoms with Crippen LogP contribution in [0, 0.1) is 0 Å². The second-order valence-corrected chi connectivity index (χ2v) is 5.50. The van der Waals surface area contributed by atoms with Gasteiger partial charge in [0.05, 0.1) is 19.6 Å². The average molecular weight is 365 g/mol. The molecule has 0 aliphatic rings. The Kier molecular flexibility index (Phi) is 8.99. The summed E-state index contributed by atoms with van der Waals surface area (Å²) in [5.41, 5.74) is 8.75. The van der Waals surface area contributed by atoms with Crippen LogP contribution in [0.15, 0.2) is 48.5 Å². The van der Waals surface area contributed by atoms with E-state index in [9.17, 15) is 4.79 Å². The molecule has 0 fully saturated rings. The molecule has 5 nitrogen and oxygen atoms in total. The summed E-state index contributed by atoms with van der Waals surface area (Å²) in [5, 5.41) is 2.88. The molecule has 0 saturated carbocycles. The zero-order chi connectivity index (χ0) is 17.4. The highest BCUT2D eigenvalue weighted by atomic mass is 35.5. The van der Waals surface area contributed by atoms with Gasteiger partial charge in [0.2, 0.25) is 5.91 Å². The van der Waals surface area contributed by atoms with Crippen molar-refractivity contribution in [2.24, 2.45) is 5.73 Å². The summed E-state index contributed by atoms with van der Waals surface area (Å²) >= 11 is 0. The van der Waals surface area contributed by atoms with E-state index >= 15 is 0 Å². The van der Waals surface area contributed by atoms with E-state index in [4.69, 9.17) is 15.2 Å². The number of ether oxygens (including phenoxy) is 2. The Balaban J connectivity index is 0.00000312. The van der Waals surface area contributed by atoms with E-state index in [1.165, 1.54) is 0 Å². The molecule has 0 bridgehead atoms. The Morgan fingerprint density at radius 3 is 2.44 bits per heavy atom. The van der Waals surface area contributed by atoms with Crippen LogP contribution in [-0.4, -0.2) is 32.8 Å². The Bertz CT molecular complexity index is 658. The van der Waals surface area contributed by atoms with E-state index in [2.05, 4.69) is 5.32 Å². The molecule has 0 aliphatic carbocycles. The summed E-state index contributed by atoms with van der Waals surface area (Å²) in [7, 11) is 3.21. The van der Waals surface area contributed by atoms with E-state index in [0.717, 1.165) is 22.4 Å². The lowest BCUT2D eigenvalue weighted by atomic mass is 10.0. The molecule has 0 spiro atoms. The highest BCUT2D eigenvalue weighted by Crippen LogP contribution is 2.24. The molecule has 3 N–H and O–H groups in total. The minimum absolute atomic E-state index is 0. The third-order valence-corrected chi connectivity index (χ3v) is 3.86. The zero-order valence-electron chi connectivity index (χ0n) is 14.5. The molecule has 2 rings (SSSR count). The topological polar surface area (TPSA) is 73.6 Å². The molecule has 2 aromatic rings. The summed E-state index contributed by atoms with van der Waals surface area (Å²) in [6.07, 6.45) is 0.0370. The standard InChI is InChI=1S/C19H24N2O3.ClH/c1-23-17-5-3-4-16(10-17)15-8-6-14(7-9-15)13-21-19(22)11-18(12-20)24-2;/h3-10,18H,11-13,20H2,1-2H3,(H,21,22);1H. The molecule has 0 aliphatic heterocycles. The fraction of sp³-hybridized carbons (Fsp3) is 0.316. The van der Waals surface area contributed by atoms with E-state index in [1.807, 2.05) is 48.5 Å². The van der Waals surface area contributed by atoms with Crippen molar-refractivity contribution >= 4 is 18.3 Å². The van der Waals surface area contributed by atoms with Gasteiger partial charge < -0.3 is 20.5 Å². The number of methoxy groups -OCH3 is 2. The molecule has 1 atom stereocenters. The third-order valence-electron chi connectivity index (χ3n) is 3.86. The molecule has 2 aromatic carbocycles. The Morgan fingerprint density at radius 2 is 1.84 bits per heavy atom. The molecule has 25 heavy (non-hydrogen) atoms. The number of carbonyl (C=O) groups excluding carboxylic acids is 1. The van der Waals surface area contributed by atoms with Crippen LogP contribution in [0.1, 0.15) is 12.0 Å². The summed E-state index contributed by atoms with van der Waals surface area (Å²) in [5.74, 6) is 0.764. The normalized spacial score (nSPS) is 11.3. The van der Waals surface area contributed by atoms with Gasteiger partial charge in [-0.3, -0.25) is 4.79 Å². The molecule has 0 saturated heterocycles. The number of rotatable bonds is 8. The Labute approximate surface area is 154 Å². The summed E-state index contributed by atoms with van der Waals surface area (Å²) < 4.78 is 10.4. The lowest BCUT2D eigenvalue weighted by molar-refractivity contribution is -0.123. The monoisotopic (exact) mass is 364 g/mol. The van der Waals surface area contributed by atoms with Crippen LogP contribution < -0.4 is 15.8 Å². The highest BCUT2D eigenvalue weighted by Gasteiger charge is 2.10. The van der Waals surface area contributed by atoms with Crippen molar-refractivity contribution in [2.45, 2.75) is 19.1 Å². The lowest BCUT2D eigenvalue weighted by Gasteiger charge is -2.12. The molecular weight excluding hydrogens is 340 g/mol. The molecule has 1 amide bonds. The van der Waals surface area contributed by atoms with Crippen molar-refractivity contribution in [2.75, 3.05) is 20.8 Å². The Hall–Kier alpha value is -2.08. The molecule has 0 heterocycles. The maximum Gasteiger partial charge on any atom is 0.222 e. The minimum Gasteiger partial charge on any atom is -0.497 e. The first kappa shape index (κ1) is 21.0. The van der Waals surface area contributed by atoms with Crippen molar-refractivity contribution < 1.29 is 14.3 Å². The van der Waals surface area contributed by atoms with Crippen molar-refractivity contribution in [3.05, 3.63) is 54.1 Å². The predicted octanol–water partition coefficient (Wildman–Crippen LogP) is 2.76. The van der Waals surface area contributed by atoms with Crippen LogP contribution >= 0.6 is 12.4 Å². The van der Waals surface area contributed by atoms with Gasteiger partial charge in [-0.05, 0) is 28.8 Å². The van der Waals surface area contributed by atoms with Gasteiger partial charge in [0, 0.05) is 20.2 Å². The van der Waals surface area contributed by atoms with Crippen LogP contribution in [-0.2, 0) is 16.1 Å².